The molecule has 0 saturated heterocycles. The molecule has 3 aromatic rings. The molecule has 27 heavy (non-hydrogen) atoms. The molecule has 1 unspecified atom stereocenters. The predicted molar refractivity (Wildman–Crippen MR) is 114 cm³/mol. The first-order chi connectivity index (χ1) is 12.9. The molecule has 0 amide bonds. The number of carbonyl (C=O) groups excluding carboxylic acids is 1. The largest absolute Gasteiger partial charge is 0.378 e. The van der Waals surface area contributed by atoms with E-state index in [9.17, 15) is 4.79 Å². The summed E-state index contributed by atoms with van der Waals surface area (Å²) in [6.45, 7) is 0. The Hall–Kier alpha value is -2.33. The molecule has 0 bridgehead atoms. The van der Waals surface area contributed by atoms with Crippen LogP contribution < -0.4 is 10.6 Å². The molecule has 0 spiro atoms. The summed E-state index contributed by atoms with van der Waals surface area (Å²) in [5.41, 5.74) is 10.6. The van der Waals surface area contributed by atoms with Crippen LogP contribution in [0.4, 0.5) is 5.69 Å². The fourth-order valence-electron chi connectivity index (χ4n) is 2.83. The van der Waals surface area contributed by atoms with Crippen LogP contribution >= 0.6 is 23.2 Å². The second kappa shape index (κ2) is 8.13. The van der Waals surface area contributed by atoms with Gasteiger partial charge in [0.05, 0.1) is 16.1 Å². The van der Waals surface area contributed by atoms with E-state index in [1.807, 2.05) is 38.4 Å². The second-order valence-corrected chi connectivity index (χ2v) is 7.35. The average Bonchev–Trinajstić information content (AvgIpc) is 2.69. The minimum absolute atomic E-state index is 0.165. The Morgan fingerprint density at radius 3 is 2.22 bits per heavy atom. The third-order valence-corrected chi connectivity index (χ3v) is 5.19. The van der Waals surface area contributed by atoms with Crippen LogP contribution in [0.15, 0.2) is 66.7 Å². The number of anilines is 1. The summed E-state index contributed by atoms with van der Waals surface area (Å²) in [6.07, 6.45) is 0. The number of nitrogens with zero attached hydrogens (tertiary/aromatic N) is 1. The monoisotopic (exact) mass is 398 g/mol. The molecule has 2 N–H and O–H groups in total. The van der Waals surface area contributed by atoms with Crippen molar-refractivity contribution in [2.24, 2.45) is 5.73 Å². The Morgan fingerprint density at radius 1 is 0.889 bits per heavy atom. The van der Waals surface area contributed by atoms with Gasteiger partial charge in [-0.05, 0) is 41.0 Å². The van der Waals surface area contributed by atoms with E-state index >= 15 is 0 Å². The first kappa shape index (κ1) is 19.4. The number of ketones is 1. The molecule has 0 aliphatic carbocycles. The van der Waals surface area contributed by atoms with Crippen LogP contribution in [0.2, 0.25) is 10.0 Å². The predicted octanol–water partition coefficient (Wildman–Crippen LogP) is 5.61. The van der Waals surface area contributed by atoms with Gasteiger partial charge < -0.3 is 10.6 Å². The molecule has 0 aliphatic heterocycles. The van der Waals surface area contributed by atoms with Gasteiger partial charge in [0.15, 0.2) is 5.78 Å². The van der Waals surface area contributed by atoms with Crippen molar-refractivity contribution in [3.05, 3.63) is 87.9 Å². The summed E-state index contributed by atoms with van der Waals surface area (Å²) in [5, 5.41) is 0.818. The van der Waals surface area contributed by atoms with Crippen molar-refractivity contribution in [2.75, 3.05) is 19.0 Å². The van der Waals surface area contributed by atoms with Crippen molar-refractivity contribution >= 4 is 34.7 Å². The molecule has 3 rings (SSSR count). The maximum absolute atomic E-state index is 12.7. The number of nitrogens with two attached hydrogens (primary N) is 1. The molecule has 0 heterocycles. The molecule has 0 aliphatic rings. The summed E-state index contributed by atoms with van der Waals surface area (Å²) in [7, 11) is 4.01. The Labute approximate surface area is 169 Å². The van der Waals surface area contributed by atoms with E-state index in [1.54, 1.807) is 30.3 Å². The highest BCUT2D eigenvalue weighted by molar-refractivity contribution is 6.42. The van der Waals surface area contributed by atoms with Gasteiger partial charge in [-0.2, -0.15) is 0 Å². The fraction of sp³-hybridized carbons (Fsp3) is 0.136. The third-order valence-electron chi connectivity index (χ3n) is 4.45. The summed E-state index contributed by atoms with van der Waals surface area (Å²) < 4.78 is 0. The van der Waals surface area contributed by atoms with Crippen LogP contribution in [0.25, 0.3) is 11.1 Å². The first-order valence-corrected chi connectivity index (χ1v) is 9.25. The topological polar surface area (TPSA) is 46.3 Å². The molecular formula is C22H20Cl2N2O. The van der Waals surface area contributed by atoms with E-state index in [0.29, 0.717) is 21.2 Å². The van der Waals surface area contributed by atoms with Crippen LogP contribution in [0, 0.1) is 0 Å². The van der Waals surface area contributed by atoms with Gasteiger partial charge in [0.25, 0.3) is 0 Å². The number of Topliss-reactive ketones (excluding diaryl/α,β-unsaturated/α-hetero) is 1. The van der Waals surface area contributed by atoms with Crippen LogP contribution in [-0.4, -0.2) is 19.9 Å². The molecule has 0 radical (unpaired) electrons. The van der Waals surface area contributed by atoms with Crippen LogP contribution in [0.1, 0.15) is 22.0 Å². The van der Waals surface area contributed by atoms with Crippen molar-refractivity contribution in [3.8, 4) is 11.1 Å². The normalized spacial score (nSPS) is 11.9. The van der Waals surface area contributed by atoms with Gasteiger partial charge in [-0.1, -0.05) is 65.7 Å². The summed E-state index contributed by atoms with van der Waals surface area (Å²) >= 11 is 12.0. The highest BCUT2D eigenvalue weighted by Gasteiger charge is 2.18. The van der Waals surface area contributed by atoms with Crippen molar-refractivity contribution in [1.29, 1.82) is 0 Å². The second-order valence-electron chi connectivity index (χ2n) is 6.54. The molecular weight excluding hydrogens is 379 g/mol. The van der Waals surface area contributed by atoms with E-state index in [4.69, 9.17) is 28.9 Å². The van der Waals surface area contributed by atoms with Crippen LogP contribution in [0.3, 0.4) is 0 Å². The zero-order valence-corrected chi connectivity index (χ0v) is 16.6. The standard InChI is InChI=1S/C22H20Cl2N2O/c1-26(2)18-5-3-4-16(12-18)14-6-8-15(9-7-14)22(27)21(25)17-10-11-19(23)20(24)13-17/h3-13,21H,25H2,1-2H3. The van der Waals surface area contributed by atoms with Crippen LogP contribution in [0.5, 0.6) is 0 Å². The van der Waals surface area contributed by atoms with Gasteiger partial charge in [0.1, 0.15) is 0 Å². The number of benzene rings is 3. The lowest BCUT2D eigenvalue weighted by Crippen LogP contribution is -2.21. The lowest BCUT2D eigenvalue weighted by Gasteiger charge is -2.14. The summed E-state index contributed by atoms with van der Waals surface area (Å²) in [6, 6.07) is 19.9. The molecule has 138 valence electrons. The van der Waals surface area contributed by atoms with E-state index in [1.165, 1.54) is 0 Å². The van der Waals surface area contributed by atoms with Gasteiger partial charge in [0.2, 0.25) is 0 Å². The molecule has 0 fully saturated rings. The molecule has 3 nitrogen and oxygen atoms in total. The first-order valence-electron chi connectivity index (χ1n) is 8.49. The minimum Gasteiger partial charge on any atom is -0.378 e. The Kier molecular flexibility index (Phi) is 5.85. The summed E-state index contributed by atoms with van der Waals surface area (Å²) in [5.74, 6) is -0.165. The highest BCUT2D eigenvalue weighted by atomic mass is 35.5. The van der Waals surface area contributed by atoms with Crippen molar-refractivity contribution in [3.63, 3.8) is 0 Å². The average molecular weight is 399 g/mol. The van der Waals surface area contributed by atoms with E-state index in [2.05, 4.69) is 17.0 Å². The lowest BCUT2D eigenvalue weighted by molar-refractivity contribution is 0.0961. The van der Waals surface area contributed by atoms with E-state index in [0.717, 1.165) is 16.8 Å². The van der Waals surface area contributed by atoms with E-state index < -0.39 is 6.04 Å². The van der Waals surface area contributed by atoms with Gasteiger partial charge >= 0.3 is 0 Å². The minimum atomic E-state index is -0.789. The van der Waals surface area contributed by atoms with E-state index in [-0.39, 0.29) is 5.78 Å². The molecule has 0 saturated carbocycles. The molecule has 0 aromatic heterocycles. The quantitative estimate of drug-likeness (QED) is 0.568. The molecule has 3 aromatic carbocycles. The van der Waals surface area contributed by atoms with Gasteiger partial charge in [-0.15, -0.1) is 0 Å². The number of hydrogen-bond donors (Lipinski definition) is 1. The maximum Gasteiger partial charge on any atom is 0.184 e. The Balaban J connectivity index is 1.83. The number of carbonyl (C=O) groups is 1. The number of rotatable bonds is 5. The highest BCUT2D eigenvalue weighted by Crippen LogP contribution is 2.28. The van der Waals surface area contributed by atoms with Gasteiger partial charge in [-0.25, -0.2) is 0 Å². The zero-order chi connectivity index (χ0) is 19.6. The maximum atomic E-state index is 12.7. The summed E-state index contributed by atoms with van der Waals surface area (Å²) in [4.78, 5) is 14.8. The zero-order valence-electron chi connectivity index (χ0n) is 15.1. The Morgan fingerprint density at radius 2 is 1.59 bits per heavy atom. The number of halogens is 2. The van der Waals surface area contributed by atoms with Crippen molar-refractivity contribution < 1.29 is 4.79 Å². The van der Waals surface area contributed by atoms with Gasteiger partial charge in [-0.3, -0.25) is 4.79 Å². The molecule has 1 atom stereocenters. The lowest BCUT2D eigenvalue weighted by atomic mass is 9.96. The Bertz CT molecular complexity index is 968. The van der Waals surface area contributed by atoms with Crippen LogP contribution in [-0.2, 0) is 0 Å². The smallest absolute Gasteiger partial charge is 0.184 e. The van der Waals surface area contributed by atoms with Crippen molar-refractivity contribution in [2.45, 2.75) is 6.04 Å². The SMILES string of the molecule is CN(C)c1cccc(-c2ccc(C(=O)C(N)c3ccc(Cl)c(Cl)c3)cc2)c1. The fourth-order valence-corrected chi connectivity index (χ4v) is 3.13. The molecule has 5 heteroatoms. The third kappa shape index (κ3) is 4.33. The number of hydrogen-bond acceptors (Lipinski definition) is 3. The van der Waals surface area contributed by atoms with Crippen molar-refractivity contribution in [1.82, 2.24) is 0 Å². The van der Waals surface area contributed by atoms with Gasteiger partial charge in [0, 0.05) is 25.3 Å².